The number of para-hydroxylation sites is 1. The second-order valence-electron chi connectivity index (χ2n) is 7.54. The minimum Gasteiger partial charge on any atom is -0.490 e. The fraction of sp³-hybridized carbons (Fsp3) is 0.148. The van der Waals surface area contributed by atoms with Gasteiger partial charge in [0, 0.05) is 12.6 Å². The van der Waals surface area contributed by atoms with E-state index in [1.165, 1.54) is 4.90 Å². The maximum Gasteiger partial charge on any atom is 0.281 e. The predicted molar refractivity (Wildman–Crippen MR) is 135 cm³/mol. The highest BCUT2D eigenvalue weighted by atomic mass is 32.1. The van der Waals surface area contributed by atoms with Gasteiger partial charge in [0.2, 0.25) is 0 Å². The summed E-state index contributed by atoms with van der Waals surface area (Å²) >= 11 is 5.53. The lowest BCUT2D eigenvalue weighted by molar-refractivity contribution is -0.114. The molecule has 1 fully saturated rings. The first-order chi connectivity index (χ1) is 16.5. The van der Waals surface area contributed by atoms with Crippen LogP contribution in [0.5, 0.6) is 11.5 Å². The number of rotatable bonds is 7. The lowest BCUT2D eigenvalue weighted by atomic mass is 10.1. The van der Waals surface area contributed by atoms with Crippen molar-refractivity contribution in [3.05, 3.63) is 95.2 Å². The highest BCUT2D eigenvalue weighted by molar-refractivity contribution is 7.80. The third-order valence-corrected chi connectivity index (χ3v) is 5.82. The molecule has 1 saturated heterocycles. The molecule has 0 saturated carbocycles. The number of hydrogen-bond donors (Lipinski definition) is 0. The quantitative estimate of drug-likeness (QED) is 0.353. The molecule has 1 aliphatic heterocycles. The summed E-state index contributed by atoms with van der Waals surface area (Å²) in [6, 6.07) is 24.3. The minimum atomic E-state index is -0.190. The zero-order valence-corrected chi connectivity index (χ0v) is 19.7. The van der Waals surface area contributed by atoms with Gasteiger partial charge in [-0.1, -0.05) is 42.5 Å². The Bertz CT molecular complexity index is 1300. The summed E-state index contributed by atoms with van der Waals surface area (Å²) in [6.07, 6.45) is 1.79. The molecule has 0 bridgehead atoms. The monoisotopic (exact) mass is 469 g/mol. The molecule has 6 nitrogen and oxygen atoms in total. The van der Waals surface area contributed by atoms with Crippen LogP contribution in [0.2, 0.25) is 0 Å². The summed E-state index contributed by atoms with van der Waals surface area (Å²) in [6.45, 7) is 2.59. The van der Waals surface area contributed by atoms with Gasteiger partial charge < -0.3 is 14.4 Å². The number of anilines is 1. The number of hydrogen-bond acceptors (Lipinski definition) is 5. The molecule has 0 spiro atoms. The van der Waals surface area contributed by atoms with E-state index in [1.54, 1.807) is 30.2 Å². The first-order valence-corrected chi connectivity index (χ1v) is 11.2. The SMILES string of the molecule is CCOc1cc(/C=C2/C(=O)N(c3ccccc3)C(=S)N2C)ccc1OCc1ccccc1C#N. The van der Waals surface area contributed by atoms with Crippen molar-refractivity contribution in [3.8, 4) is 17.6 Å². The van der Waals surface area contributed by atoms with Crippen molar-refractivity contribution in [2.24, 2.45) is 0 Å². The lowest BCUT2D eigenvalue weighted by Gasteiger charge is -2.16. The summed E-state index contributed by atoms with van der Waals surface area (Å²) in [5, 5.41) is 9.72. The Morgan fingerprint density at radius 1 is 1.00 bits per heavy atom. The molecule has 0 radical (unpaired) electrons. The van der Waals surface area contributed by atoms with E-state index in [0.29, 0.717) is 34.5 Å². The molecule has 1 amide bonds. The van der Waals surface area contributed by atoms with Gasteiger partial charge in [0.15, 0.2) is 16.6 Å². The fourth-order valence-electron chi connectivity index (χ4n) is 3.63. The van der Waals surface area contributed by atoms with Gasteiger partial charge in [0.05, 0.1) is 23.9 Å². The zero-order valence-electron chi connectivity index (χ0n) is 18.9. The van der Waals surface area contributed by atoms with Crippen LogP contribution < -0.4 is 14.4 Å². The number of amides is 1. The van der Waals surface area contributed by atoms with Crippen LogP contribution in [0.25, 0.3) is 6.08 Å². The van der Waals surface area contributed by atoms with Crippen LogP contribution in [0.1, 0.15) is 23.6 Å². The standard InChI is InChI=1S/C27H23N3O3S/c1-3-32-25-16-19(13-14-24(25)33-18-21-10-8-7-9-20(21)17-28)15-23-26(31)30(27(34)29(23)2)22-11-5-4-6-12-22/h4-16H,3,18H2,1-2H3/b23-15-. The third-order valence-electron chi connectivity index (χ3n) is 5.37. The van der Waals surface area contributed by atoms with Crippen molar-refractivity contribution in [2.45, 2.75) is 13.5 Å². The molecule has 34 heavy (non-hydrogen) atoms. The van der Waals surface area contributed by atoms with E-state index >= 15 is 0 Å². The number of benzene rings is 3. The van der Waals surface area contributed by atoms with Gasteiger partial charge in [0.25, 0.3) is 5.91 Å². The normalized spacial score (nSPS) is 14.4. The van der Waals surface area contributed by atoms with Gasteiger partial charge in [-0.2, -0.15) is 5.26 Å². The third kappa shape index (κ3) is 4.63. The molecule has 170 valence electrons. The van der Waals surface area contributed by atoms with E-state index in [0.717, 1.165) is 16.8 Å². The number of nitriles is 1. The Morgan fingerprint density at radius 3 is 2.47 bits per heavy atom. The van der Waals surface area contributed by atoms with E-state index < -0.39 is 0 Å². The van der Waals surface area contributed by atoms with Crippen molar-refractivity contribution in [3.63, 3.8) is 0 Å². The second kappa shape index (κ2) is 10.2. The predicted octanol–water partition coefficient (Wildman–Crippen LogP) is 5.14. The van der Waals surface area contributed by atoms with Crippen LogP contribution in [0.4, 0.5) is 5.69 Å². The summed E-state index contributed by atoms with van der Waals surface area (Å²) in [5.41, 5.74) is 3.34. The maximum atomic E-state index is 13.2. The van der Waals surface area contributed by atoms with Crippen molar-refractivity contribution >= 4 is 35.0 Å². The minimum absolute atomic E-state index is 0.190. The lowest BCUT2D eigenvalue weighted by Crippen LogP contribution is -2.30. The van der Waals surface area contributed by atoms with E-state index in [1.807, 2.05) is 67.6 Å². The first kappa shape index (κ1) is 23.0. The summed E-state index contributed by atoms with van der Waals surface area (Å²) in [7, 11) is 1.78. The topological polar surface area (TPSA) is 65.8 Å². The van der Waals surface area contributed by atoms with Gasteiger partial charge in [-0.3, -0.25) is 9.69 Å². The smallest absolute Gasteiger partial charge is 0.281 e. The number of ether oxygens (including phenoxy) is 2. The second-order valence-corrected chi connectivity index (χ2v) is 7.91. The number of likely N-dealkylation sites (N-methyl/N-ethyl adjacent to an activating group) is 1. The van der Waals surface area contributed by atoms with E-state index in [4.69, 9.17) is 21.7 Å². The zero-order chi connectivity index (χ0) is 24.1. The average molecular weight is 470 g/mol. The summed E-state index contributed by atoms with van der Waals surface area (Å²) in [5.74, 6) is 0.927. The highest BCUT2D eigenvalue weighted by Gasteiger charge is 2.36. The van der Waals surface area contributed by atoms with Crippen molar-refractivity contribution in [1.82, 2.24) is 4.90 Å². The molecule has 0 aliphatic carbocycles. The molecule has 7 heteroatoms. The van der Waals surface area contributed by atoms with Crippen LogP contribution >= 0.6 is 12.2 Å². The summed E-state index contributed by atoms with van der Waals surface area (Å²) < 4.78 is 11.8. The Hall–Kier alpha value is -4.15. The van der Waals surface area contributed by atoms with Gasteiger partial charge in [-0.05, 0) is 61.1 Å². The van der Waals surface area contributed by atoms with Crippen molar-refractivity contribution < 1.29 is 14.3 Å². The van der Waals surface area contributed by atoms with Gasteiger partial charge in [-0.15, -0.1) is 0 Å². The number of carbonyl (C=O) groups excluding carboxylic acids is 1. The largest absolute Gasteiger partial charge is 0.490 e. The molecule has 1 heterocycles. The Balaban J connectivity index is 1.60. The molecule has 0 aromatic heterocycles. The van der Waals surface area contributed by atoms with E-state index in [9.17, 15) is 10.1 Å². The maximum absolute atomic E-state index is 13.2. The molecule has 3 aromatic rings. The Kier molecular flexibility index (Phi) is 6.90. The van der Waals surface area contributed by atoms with Crippen LogP contribution in [0.15, 0.2) is 78.5 Å². The van der Waals surface area contributed by atoms with Crippen molar-refractivity contribution in [1.29, 1.82) is 5.26 Å². The molecule has 0 unspecified atom stereocenters. The van der Waals surface area contributed by atoms with Gasteiger partial charge in [-0.25, -0.2) is 0 Å². The van der Waals surface area contributed by atoms with E-state index in [-0.39, 0.29) is 12.5 Å². The molecular formula is C27H23N3O3S. The van der Waals surface area contributed by atoms with Crippen LogP contribution in [0, 0.1) is 11.3 Å². The van der Waals surface area contributed by atoms with E-state index in [2.05, 4.69) is 6.07 Å². The Labute approximate surface area is 204 Å². The molecule has 0 atom stereocenters. The van der Waals surface area contributed by atoms with Gasteiger partial charge in [0.1, 0.15) is 12.3 Å². The number of thiocarbonyl (C=S) groups is 1. The van der Waals surface area contributed by atoms with Crippen molar-refractivity contribution in [2.75, 3.05) is 18.6 Å². The number of carbonyl (C=O) groups is 1. The first-order valence-electron chi connectivity index (χ1n) is 10.8. The molecule has 1 aliphatic rings. The molecule has 3 aromatic carbocycles. The average Bonchev–Trinajstić information content (AvgIpc) is 3.07. The van der Waals surface area contributed by atoms with Crippen LogP contribution in [0.3, 0.4) is 0 Å². The Morgan fingerprint density at radius 2 is 1.74 bits per heavy atom. The van der Waals surface area contributed by atoms with Crippen LogP contribution in [-0.4, -0.2) is 29.6 Å². The fourth-order valence-corrected chi connectivity index (χ4v) is 3.92. The van der Waals surface area contributed by atoms with Gasteiger partial charge >= 0.3 is 0 Å². The molecule has 0 N–H and O–H groups in total. The highest BCUT2D eigenvalue weighted by Crippen LogP contribution is 2.32. The number of nitrogens with zero attached hydrogens (tertiary/aromatic N) is 3. The summed E-state index contributed by atoms with van der Waals surface area (Å²) in [4.78, 5) is 16.4. The molecular weight excluding hydrogens is 446 g/mol. The van der Waals surface area contributed by atoms with Crippen LogP contribution in [-0.2, 0) is 11.4 Å². The molecule has 4 rings (SSSR count).